The molecular formula is C14H20O2S. The van der Waals surface area contributed by atoms with Crippen LogP contribution in [0.4, 0.5) is 0 Å². The second-order valence-corrected chi connectivity index (χ2v) is 6.12. The van der Waals surface area contributed by atoms with Gasteiger partial charge in [-0.2, -0.15) is 0 Å². The van der Waals surface area contributed by atoms with Crippen LogP contribution in [0.1, 0.15) is 36.2 Å². The minimum absolute atomic E-state index is 0.0562. The van der Waals surface area contributed by atoms with E-state index in [4.69, 9.17) is 5.11 Å². The minimum atomic E-state index is -0.0562. The van der Waals surface area contributed by atoms with Crippen molar-refractivity contribution in [3.05, 3.63) is 35.4 Å². The summed E-state index contributed by atoms with van der Waals surface area (Å²) >= 11 is 1.62. The maximum atomic E-state index is 12.1. The Morgan fingerprint density at radius 2 is 1.88 bits per heavy atom. The average molecular weight is 252 g/mol. The highest BCUT2D eigenvalue weighted by molar-refractivity contribution is 8.01. The van der Waals surface area contributed by atoms with Gasteiger partial charge in [-0.1, -0.05) is 36.8 Å². The van der Waals surface area contributed by atoms with E-state index in [-0.39, 0.29) is 17.6 Å². The summed E-state index contributed by atoms with van der Waals surface area (Å²) in [4.78, 5) is 12.1. The summed E-state index contributed by atoms with van der Waals surface area (Å²) in [5, 5.41) is 9.09. The van der Waals surface area contributed by atoms with Gasteiger partial charge in [0.25, 0.3) is 0 Å². The molecule has 0 aliphatic carbocycles. The van der Waals surface area contributed by atoms with Gasteiger partial charge in [0.05, 0.1) is 5.25 Å². The van der Waals surface area contributed by atoms with Gasteiger partial charge < -0.3 is 5.11 Å². The number of carbonyl (C=O) groups excluding carboxylic acids is 1. The first-order valence-corrected chi connectivity index (χ1v) is 6.86. The number of aliphatic hydroxyl groups excluding tert-OH is 1. The molecule has 0 amide bonds. The zero-order valence-electron chi connectivity index (χ0n) is 10.6. The Kier molecular flexibility index (Phi) is 5.72. The third kappa shape index (κ3) is 4.52. The van der Waals surface area contributed by atoms with Gasteiger partial charge in [-0.25, -0.2) is 0 Å². The first-order valence-electron chi connectivity index (χ1n) is 5.91. The Bertz CT molecular complexity index is 359. The summed E-state index contributed by atoms with van der Waals surface area (Å²) in [5.41, 5.74) is 1.93. The summed E-state index contributed by atoms with van der Waals surface area (Å²) in [7, 11) is 0. The number of rotatable bonds is 6. The lowest BCUT2D eigenvalue weighted by Crippen LogP contribution is -2.17. The standard InChI is InChI=1S/C14H20O2S/c1-10-4-6-13(7-5-10)14(16)12(3)17-11(2)8-9-15/h4-7,11-12,15H,8-9H2,1-3H3. The van der Waals surface area contributed by atoms with Crippen LogP contribution in [0, 0.1) is 6.92 Å². The Balaban J connectivity index is 2.60. The van der Waals surface area contributed by atoms with Crippen LogP contribution in [-0.4, -0.2) is 28.0 Å². The number of hydrogen-bond acceptors (Lipinski definition) is 3. The van der Waals surface area contributed by atoms with E-state index in [9.17, 15) is 4.79 Å². The van der Waals surface area contributed by atoms with Crippen LogP contribution in [0.25, 0.3) is 0 Å². The van der Waals surface area contributed by atoms with E-state index in [1.165, 1.54) is 0 Å². The van der Waals surface area contributed by atoms with Crippen LogP contribution in [0.2, 0.25) is 0 Å². The molecule has 1 aromatic carbocycles. The predicted molar refractivity (Wildman–Crippen MR) is 73.7 cm³/mol. The molecule has 2 atom stereocenters. The fraction of sp³-hybridized carbons (Fsp3) is 0.500. The Morgan fingerprint density at radius 3 is 2.41 bits per heavy atom. The SMILES string of the molecule is Cc1ccc(C(=O)C(C)SC(C)CCO)cc1. The normalized spacial score (nSPS) is 14.4. The Hall–Kier alpha value is -0.800. The van der Waals surface area contributed by atoms with Crippen molar-refractivity contribution in [1.82, 2.24) is 0 Å². The van der Waals surface area contributed by atoms with E-state index < -0.39 is 0 Å². The average Bonchev–Trinajstić information content (AvgIpc) is 2.29. The number of benzene rings is 1. The van der Waals surface area contributed by atoms with Crippen molar-refractivity contribution in [2.75, 3.05) is 6.61 Å². The summed E-state index contributed by atoms with van der Waals surface area (Å²) in [6.45, 7) is 6.16. The van der Waals surface area contributed by atoms with Crippen LogP contribution in [0.5, 0.6) is 0 Å². The van der Waals surface area contributed by atoms with E-state index in [0.29, 0.717) is 5.25 Å². The monoisotopic (exact) mass is 252 g/mol. The molecule has 0 radical (unpaired) electrons. The maximum absolute atomic E-state index is 12.1. The van der Waals surface area contributed by atoms with Crippen LogP contribution in [0.3, 0.4) is 0 Å². The van der Waals surface area contributed by atoms with Crippen molar-refractivity contribution < 1.29 is 9.90 Å². The lowest BCUT2D eigenvalue weighted by molar-refractivity contribution is 0.0993. The highest BCUT2D eigenvalue weighted by Crippen LogP contribution is 2.23. The van der Waals surface area contributed by atoms with E-state index in [0.717, 1.165) is 17.5 Å². The molecule has 0 heterocycles. The summed E-state index contributed by atoms with van der Waals surface area (Å²) in [6, 6.07) is 7.68. The van der Waals surface area contributed by atoms with Crippen LogP contribution in [0.15, 0.2) is 24.3 Å². The molecule has 1 rings (SSSR count). The van der Waals surface area contributed by atoms with E-state index >= 15 is 0 Å². The molecule has 1 N–H and O–H groups in total. The number of Topliss-reactive ketones (excluding diaryl/α,β-unsaturated/α-hetero) is 1. The third-order valence-corrected chi connectivity index (χ3v) is 4.00. The molecule has 1 aromatic rings. The summed E-state index contributed by atoms with van der Waals surface area (Å²) in [6.07, 6.45) is 0.732. The van der Waals surface area contributed by atoms with E-state index in [1.807, 2.05) is 45.0 Å². The molecular weight excluding hydrogens is 232 g/mol. The number of hydrogen-bond donors (Lipinski definition) is 1. The van der Waals surface area contributed by atoms with Gasteiger partial charge in [0.2, 0.25) is 0 Å². The van der Waals surface area contributed by atoms with Crippen molar-refractivity contribution in [2.24, 2.45) is 0 Å². The first-order chi connectivity index (χ1) is 8.04. The van der Waals surface area contributed by atoms with E-state index in [2.05, 4.69) is 0 Å². The van der Waals surface area contributed by atoms with Gasteiger partial charge >= 0.3 is 0 Å². The maximum Gasteiger partial charge on any atom is 0.175 e. The highest BCUT2D eigenvalue weighted by Gasteiger charge is 2.18. The van der Waals surface area contributed by atoms with Crippen molar-refractivity contribution in [2.45, 2.75) is 37.7 Å². The van der Waals surface area contributed by atoms with Crippen molar-refractivity contribution >= 4 is 17.5 Å². The fourth-order valence-electron chi connectivity index (χ4n) is 1.61. The molecule has 0 aliphatic heterocycles. The number of aryl methyl sites for hydroxylation is 1. The molecule has 2 unspecified atom stereocenters. The molecule has 94 valence electrons. The van der Waals surface area contributed by atoms with E-state index in [1.54, 1.807) is 11.8 Å². The molecule has 0 aromatic heterocycles. The lowest BCUT2D eigenvalue weighted by atomic mass is 10.1. The number of aliphatic hydroxyl groups is 1. The molecule has 0 bridgehead atoms. The van der Waals surface area contributed by atoms with Gasteiger partial charge in [0.15, 0.2) is 5.78 Å². The second-order valence-electron chi connectivity index (χ2n) is 4.33. The molecule has 0 spiro atoms. The van der Waals surface area contributed by atoms with Crippen LogP contribution >= 0.6 is 11.8 Å². The number of ketones is 1. The van der Waals surface area contributed by atoms with Gasteiger partial charge in [0.1, 0.15) is 0 Å². The van der Waals surface area contributed by atoms with Gasteiger partial charge in [-0.15, -0.1) is 11.8 Å². The largest absolute Gasteiger partial charge is 0.396 e. The van der Waals surface area contributed by atoms with Gasteiger partial charge in [-0.05, 0) is 20.3 Å². The molecule has 0 saturated heterocycles. The Labute approximate surface area is 107 Å². The van der Waals surface area contributed by atoms with Crippen molar-refractivity contribution in [1.29, 1.82) is 0 Å². The highest BCUT2D eigenvalue weighted by atomic mass is 32.2. The molecule has 3 heteroatoms. The second kappa shape index (κ2) is 6.82. The lowest BCUT2D eigenvalue weighted by Gasteiger charge is -2.15. The van der Waals surface area contributed by atoms with Crippen molar-refractivity contribution in [3.63, 3.8) is 0 Å². The molecule has 2 nitrogen and oxygen atoms in total. The van der Waals surface area contributed by atoms with Gasteiger partial charge in [-0.3, -0.25) is 4.79 Å². The minimum Gasteiger partial charge on any atom is -0.396 e. The number of carbonyl (C=O) groups is 1. The van der Waals surface area contributed by atoms with Gasteiger partial charge in [0, 0.05) is 17.4 Å². The molecule has 17 heavy (non-hydrogen) atoms. The fourth-order valence-corrected chi connectivity index (χ4v) is 2.81. The molecule has 0 fully saturated rings. The third-order valence-electron chi connectivity index (χ3n) is 2.68. The first kappa shape index (κ1) is 14.3. The molecule has 0 aliphatic rings. The summed E-state index contributed by atoms with van der Waals surface area (Å²) < 4.78 is 0. The Morgan fingerprint density at radius 1 is 1.29 bits per heavy atom. The smallest absolute Gasteiger partial charge is 0.175 e. The van der Waals surface area contributed by atoms with Crippen LogP contribution in [-0.2, 0) is 0 Å². The van der Waals surface area contributed by atoms with Crippen LogP contribution < -0.4 is 0 Å². The molecule has 0 saturated carbocycles. The predicted octanol–water partition coefficient (Wildman–Crippen LogP) is 3.07. The number of thioether (sulfide) groups is 1. The van der Waals surface area contributed by atoms with Crippen molar-refractivity contribution in [3.8, 4) is 0 Å². The topological polar surface area (TPSA) is 37.3 Å². The quantitative estimate of drug-likeness (QED) is 0.791. The zero-order valence-corrected chi connectivity index (χ0v) is 11.5. The summed E-state index contributed by atoms with van der Waals surface area (Å²) in [5.74, 6) is 0.166. The zero-order chi connectivity index (χ0) is 12.8.